The zero-order valence-corrected chi connectivity index (χ0v) is 16.3. The van der Waals surface area contributed by atoms with E-state index in [2.05, 4.69) is 0 Å². The summed E-state index contributed by atoms with van der Waals surface area (Å²) in [5.41, 5.74) is 0.891. The van der Waals surface area contributed by atoms with Gasteiger partial charge in [0, 0.05) is 24.2 Å². The van der Waals surface area contributed by atoms with Crippen molar-refractivity contribution in [1.29, 1.82) is 0 Å². The van der Waals surface area contributed by atoms with Crippen LogP contribution in [-0.2, 0) is 0 Å². The molecule has 0 fully saturated rings. The molecular weight excluding hydrogens is 358 g/mol. The second kappa shape index (κ2) is 7.38. The average Bonchev–Trinajstić information content (AvgIpc) is 2.68. The first-order valence-corrected chi connectivity index (χ1v) is 9.14. The van der Waals surface area contributed by atoms with Crippen LogP contribution >= 0.6 is 0 Å². The van der Waals surface area contributed by atoms with E-state index in [0.29, 0.717) is 18.7 Å². The monoisotopic (exact) mass is 379 g/mol. The molecule has 6 nitrogen and oxygen atoms in total. The van der Waals surface area contributed by atoms with E-state index in [1.165, 1.54) is 32.0 Å². The predicted octanol–water partition coefficient (Wildman–Crippen LogP) is 3.83. The van der Waals surface area contributed by atoms with Gasteiger partial charge < -0.3 is 9.32 Å². The van der Waals surface area contributed by atoms with Gasteiger partial charge in [-0.1, -0.05) is 0 Å². The fraction of sp³-hybridized carbons (Fsp3) is 0.273. The van der Waals surface area contributed by atoms with E-state index in [-0.39, 0.29) is 56.0 Å². The van der Waals surface area contributed by atoms with Crippen molar-refractivity contribution >= 4 is 39.4 Å². The Kier molecular flexibility index (Phi) is 5.14. The predicted molar refractivity (Wildman–Crippen MR) is 107 cm³/mol. The average molecular weight is 379 g/mol. The van der Waals surface area contributed by atoms with Gasteiger partial charge >= 0.3 is 0 Å². The molecule has 0 atom stereocenters. The van der Waals surface area contributed by atoms with Crippen LogP contribution < -0.4 is 5.43 Å². The molecule has 144 valence electrons. The summed E-state index contributed by atoms with van der Waals surface area (Å²) in [7, 11) is 0. The number of fused-ring (bicyclic) bond motifs is 2. The van der Waals surface area contributed by atoms with Gasteiger partial charge in [-0.15, -0.1) is 0 Å². The Balaban J connectivity index is 2.34. The zero-order valence-electron chi connectivity index (χ0n) is 16.3. The van der Waals surface area contributed by atoms with Gasteiger partial charge in [-0.2, -0.15) is 0 Å². The molecule has 0 saturated carbocycles. The van der Waals surface area contributed by atoms with E-state index in [1.807, 2.05) is 13.8 Å². The maximum Gasteiger partial charge on any atom is 0.253 e. The number of rotatable bonds is 5. The summed E-state index contributed by atoms with van der Waals surface area (Å²) < 4.78 is 5.85. The number of ketones is 2. The maximum absolute atomic E-state index is 13.1. The highest BCUT2D eigenvalue weighted by Crippen LogP contribution is 2.25. The molecule has 0 unspecified atom stereocenters. The van der Waals surface area contributed by atoms with Gasteiger partial charge in [0.1, 0.15) is 11.2 Å². The van der Waals surface area contributed by atoms with Crippen LogP contribution in [-0.4, -0.2) is 35.5 Å². The van der Waals surface area contributed by atoms with Gasteiger partial charge in [0.25, 0.3) is 5.91 Å². The molecule has 1 heterocycles. The van der Waals surface area contributed by atoms with E-state index in [4.69, 9.17) is 4.42 Å². The molecule has 0 aliphatic carbocycles. The van der Waals surface area contributed by atoms with Crippen LogP contribution in [0.1, 0.15) is 58.8 Å². The number of hydrogen-bond acceptors (Lipinski definition) is 5. The Hall–Kier alpha value is -3.28. The fourth-order valence-electron chi connectivity index (χ4n) is 3.25. The van der Waals surface area contributed by atoms with Gasteiger partial charge in [-0.25, -0.2) is 0 Å². The van der Waals surface area contributed by atoms with Crippen molar-refractivity contribution in [3.63, 3.8) is 0 Å². The Bertz CT molecular complexity index is 1180. The molecule has 0 spiro atoms. The normalized spacial score (nSPS) is 11.0. The molecule has 1 aromatic heterocycles. The Labute approximate surface area is 161 Å². The first-order chi connectivity index (χ1) is 13.3. The molecule has 0 aliphatic heterocycles. The molecule has 3 aromatic rings. The van der Waals surface area contributed by atoms with Crippen molar-refractivity contribution in [3.05, 3.63) is 57.2 Å². The second-order valence-electron chi connectivity index (χ2n) is 6.63. The molecule has 0 bridgehead atoms. The summed E-state index contributed by atoms with van der Waals surface area (Å²) in [5, 5.41) is 0.388. The third-order valence-corrected chi connectivity index (χ3v) is 4.85. The number of benzene rings is 2. The lowest BCUT2D eigenvalue weighted by molar-refractivity contribution is 0.0772. The van der Waals surface area contributed by atoms with E-state index in [1.54, 1.807) is 17.0 Å². The van der Waals surface area contributed by atoms with Gasteiger partial charge in [-0.05, 0) is 58.0 Å². The van der Waals surface area contributed by atoms with Crippen molar-refractivity contribution in [2.45, 2.75) is 27.7 Å². The van der Waals surface area contributed by atoms with Crippen molar-refractivity contribution in [1.82, 2.24) is 4.90 Å². The van der Waals surface area contributed by atoms with Crippen LogP contribution in [0.3, 0.4) is 0 Å². The van der Waals surface area contributed by atoms with Crippen LogP contribution in [0.2, 0.25) is 0 Å². The molecule has 0 N–H and O–H groups in total. The molecule has 1 amide bonds. The highest BCUT2D eigenvalue weighted by Gasteiger charge is 2.19. The topological polar surface area (TPSA) is 84.7 Å². The summed E-state index contributed by atoms with van der Waals surface area (Å²) in [5.74, 6) is -0.730. The number of carbonyl (C=O) groups excluding carboxylic acids is 3. The fourth-order valence-corrected chi connectivity index (χ4v) is 3.25. The third kappa shape index (κ3) is 3.22. The summed E-state index contributed by atoms with van der Waals surface area (Å²) in [6.07, 6.45) is 0. The molecule has 6 heteroatoms. The summed E-state index contributed by atoms with van der Waals surface area (Å²) >= 11 is 0. The Morgan fingerprint density at radius 1 is 0.893 bits per heavy atom. The van der Waals surface area contributed by atoms with Crippen LogP contribution in [0.25, 0.3) is 21.9 Å². The van der Waals surface area contributed by atoms with E-state index in [0.717, 1.165) is 0 Å². The summed E-state index contributed by atoms with van der Waals surface area (Å²) in [4.78, 5) is 51.3. The highest BCUT2D eigenvalue weighted by molar-refractivity contribution is 6.10. The lowest BCUT2D eigenvalue weighted by Gasteiger charge is -2.18. The van der Waals surface area contributed by atoms with Crippen LogP contribution in [0.5, 0.6) is 0 Å². The summed E-state index contributed by atoms with van der Waals surface area (Å²) in [6.45, 7) is 7.62. The van der Waals surface area contributed by atoms with Crippen molar-refractivity contribution in [2.24, 2.45) is 0 Å². The van der Waals surface area contributed by atoms with Crippen LogP contribution in [0.4, 0.5) is 0 Å². The second-order valence-corrected chi connectivity index (χ2v) is 6.63. The maximum atomic E-state index is 13.1. The van der Waals surface area contributed by atoms with Crippen molar-refractivity contribution in [2.75, 3.05) is 13.1 Å². The standard InChI is InChI=1S/C22H21NO5/c1-5-23(6-2)22(27)14-7-8-19-17(9-14)20(26)18-11-15(12(3)24)10-16(13(4)25)21(18)28-19/h7-11H,5-6H2,1-4H3. The number of nitrogens with zero attached hydrogens (tertiary/aromatic N) is 1. The molecule has 3 rings (SSSR count). The molecule has 0 radical (unpaired) electrons. The molecule has 0 saturated heterocycles. The minimum Gasteiger partial charge on any atom is -0.455 e. The quantitative estimate of drug-likeness (QED) is 0.497. The Morgan fingerprint density at radius 3 is 2.11 bits per heavy atom. The van der Waals surface area contributed by atoms with Crippen LogP contribution in [0, 0.1) is 0 Å². The van der Waals surface area contributed by atoms with Gasteiger partial charge in [0.05, 0.1) is 16.3 Å². The van der Waals surface area contributed by atoms with E-state index < -0.39 is 0 Å². The van der Waals surface area contributed by atoms with Crippen LogP contribution in [0.15, 0.2) is 39.5 Å². The smallest absolute Gasteiger partial charge is 0.253 e. The molecule has 2 aromatic carbocycles. The third-order valence-electron chi connectivity index (χ3n) is 4.85. The van der Waals surface area contributed by atoms with Gasteiger partial charge in [0.2, 0.25) is 5.43 Å². The van der Waals surface area contributed by atoms with Crippen molar-refractivity contribution in [3.8, 4) is 0 Å². The van der Waals surface area contributed by atoms with Gasteiger partial charge in [-0.3, -0.25) is 19.2 Å². The lowest BCUT2D eigenvalue weighted by atomic mass is 10.00. The zero-order chi connectivity index (χ0) is 20.6. The highest BCUT2D eigenvalue weighted by atomic mass is 16.3. The number of Topliss-reactive ketones (excluding diaryl/α,β-unsaturated/α-hetero) is 2. The number of amides is 1. The minimum atomic E-state index is -0.379. The number of carbonyl (C=O) groups is 3. The lowest BCUT2D eigenvalue weighted by Crippen LogP contribution is -2.30. The molecule has 0 aliphatic rings. The largest absolute Gasteiger partial charge is 0.455 e. The van der Waals surface area contributed by atoms with E-state index in [9.17, 15) is 19.2 Å². The van der Waals surface area contributed by atoms with Gasteiger partial charge in [0.15, 0.2) is 11.6 Å². The SMILES string of the molecule is CCN(CC)C(=O)c1ccc2oc3c(C(C)=O)cc(C(C)=O)cc3c(=O)c2c1. The van der Waals surface area contributed by atoms with E-state index >= 15 is 0 Å². The first kappa shape index (κ1) is 19.5. The minimum absolute atomic E-state index is 0.151. The molecule has 28 heavy (non-hydrogen) atoms. The summed E-state index contributed by atoms with van der Waals surface area (Å²) in [6, 6.07) is 7.56. The molecular formula is C22H21NO5. The number of hydrogen-bond donors (Lipinski definition) is 0. The first-order valence-electron chi connectivity index (χ1n) is 9.14. The Morgan fingerprint density at radius 2 is 1.54 bits per heavy atom. The van der Waals surface area contributed by atoms with Crippen molar-refractivity contribution < 1.29 is 18.8 Å².